The van der Waals surface area contributed by atoms with Gasteiger partial charge in [0.05, 0.1) is 26.2 Å². The Hall–Kier alpha value is -3.68. The number of nitrogens with one attached hydrogen (secondary N) is 2. The monoisotopic (exact) mass is 440 g/mol. The molecule has 0 aliphatic rings. The number of rotatable bonds is 12. The molecule has 3 rings (SSSR count). The zero-order valence-electron chi connectivity index (χ0n) is 18.3. The molecule has 2 aromatic heterocycles. The summed E-state index contributed by atoms with van der Waals surface area (Å²) in [6.45, 7) is 2.75. The van der Waals surface area contributed by atoms with Crippen molar-refractivity contribution in [3.63, 3.8) is 0 Å². The van der Waals surface area contributed by atoms with E-state index < -0.39 is 18.0 Å². The SMILES string of the molecule is CCCCCCOc1ccc(C(NC(=O)c2ccco2)NC(=O)c2ccco2)cc1OC. The Kier molecular flexibility index (Phi) is 8.36. The van der Waals surface area contributed by atoms with E-state index >= 15 is 0 Å². The van der Waals surface area contributed by atoms with E-state index in [9.17, 15) is 9.59 Å². The van der Waals surface area contributed by atoms with Gasteiger partial charge in [0.1, 0.15) is 6.17 Å². The van der Waals surface area contributed by atoms with Gasteiger partial charge in [-0.1, -0.05) is 32.3 Å². The van der Waals surface area contributed by atoms with E-state index in [-0.39, 0.29) is 11.5 Å². The summed E-state index contributed by atoms with van der Waals surface area (Å²) in [5.74, 6) is 0.399. The molecule has 2 heterocycles. The fourth-order valence-electron chi connectivity index (χ4n) is 3.12. The first-order valence-corrected chi connectivity index (χ1v) is 10.6. The molecule has 1 aromatic carbocycles. The van der Waals surface area contributed by atoms with Crippen LogP contribution < -0.4 is 20.1 Å². The summed E-state index contributed by atoms with van der Waals surface area (Å²) in [6, 6.07) is 11.5. The summed E-state index contributed by atoms with van der Waals surface area (Å²) in [4.78, 5) is 25.1. The minimum atomic E-state index is -0.863. The van der Waals surface area contributed by atoms with Gasteiger partial charge in [0.15, 0.2) is 23.0 Å². The van der Waals surface area contributed by atoms with Gasteiger partial charge in [-0.25, -0.2) is 0 Å². The highest BCUT2D eigenvalue weighted by Gasteiger charge is 2.22. The third-order valence-corrected chi connectivity index (χ3v) is 4.82. The molecule has 2 N–H and O–H groups in total. The molecule has 0 aliphatic carbocycles. The maximum absolute atomic E-state index is 12.6. The first-order valence-electron chi connectivity index (χ1n) is 10.6. The van der Waals surface area contributed by atoms with Crippen molar-refractivity contribution in [1.29, 1.82) is 0 Å². The maximum atomic E-state index is 12.6. The van der Waals surface area contributed by atoms with Crippen molar-refractivity contribution < 1.29 is 27.9 Å². The molecule has 0 bridgehead atoms. The van der Waals surface area contributed by atoms with Crippen LogP contribution in [0.2, 0.25) is 0 Å². The molecule has 8 nitrogen and oxygen atoms in total. The molecule has 8 heteroatoms. The van der Waals surface area contributed by atoms with Crippen LogP contribution in [0.4, 0.5) is 0 Å². The molecule has 170 valence electrons. The van der Waals surface area contributed by atoms with Crippen molar-refractivity contribution in [2.24, 2.45) is 0 Å². The van der Waals surface area contributed by atoms with E-state index in [2.05, 4.69) is 17.6 Å². The topological polar surface area (TPSA) is 103 Å². The molecule has 32 heavy (non-hydrogen) atoms. The number of carbonyl (C=O) groups is 2. The summed E-state index contributed by atoms with van der Waals surface area (Å²) in [7, 11) is 1.54. The summed E-state index contributed by atoms with van der Waals surface area (Å²) in [6.07, 6.45) is 6.34. The van der Waals surface area contributed by atoms with Crippen LogP contribution in [0.5, 0.6) is 11.5 Å². The average molecular weight is 440 g/mol. The Bertz CT molecular complexity index is 934. The number of carbonyl (C=O) groups excluding carboxylic acids is 2. The Morgan fingerprint density at radius 3 is 2.09 bits per heavy atom. The summed E-state index contributed by atoms with van der Waals surface area (Å²) in [5.41, 5.74) is 0.597. The lowest BCUT2D eigenvalue weighted by Gasteiger charge is -2.21. The number of unbranched alkanes of at least 4 members (excludes halogenated alkanes) is 3. The minimum Gasteiger partial charge on any atom is -0.493 e. The molecule has 0 aliphatic heterocycles. The Labute approximate surface area is 186 Å². The molecule has 0 spiro atoms. The lowest BCUT2D eigenvalue weighted by molar-refractivity contribution is 0.0853. The van der Waals surface area contributed by atoms with Gasteiger partial charge >= 0.3 is 0 Å². The Balaban J connectivity index is 1.77. The number of amides is 2. The van der Waals surface area contributed by atoms with Crippen molar-refractivity contribution in [3.8, 4) is 11.5 Å². The second kappa shape index (κ2) is 11.6. The molecular formula is C24H28N2O6. The van der Waals surface area contributed by atoms with Crippen LogP contribution in [0.15, 0.2) is 63.8 Å². The predicted octanol–water partition coefficient (Wildman–Crippen LogP) is 4.70. The van der Waals surface area contributed by atoms with E-state index in [1.54, 1.807) is 37.4 Å². The number of hydrogen-bond donors (Lipinski definition) is 2. The highest BCUT2D eigenvalue weighted by Crippen LogP contribution is 2.30. The number of hydrogen-bond acceptors (Lipinski definition) is 6. The van der Waals surface area contributed by atoms with Crippen LogP contribution in [0.25, 0.3) is 0 Å². The third kappa shape index (κ3) is 6.16. The number of methoxy groups -OCH3 is 1. The molecule has 3 aromatic rings. The normalized spacial score (nSPS) is 10.7. The Morgan fingerprint density at radius 2 is 1.56 bits per heavy atom. The van der Waals surface area contributed by atoms with E-state index in [0.29, 0.717) is 23.7 Å². The van der Waals surface area contributed by atoms with Gasteiger partial charge in [-0.3, -0.25) is 9.59 Å². The molecule has 0 fully saturated rings. The van der Waals surface area contributed by atoms with Gasteiger partial charge in [0.2, 0.25) is 0 Å². The van der Waals surface area contributed by atoms with Gasteiger partial charge in [-0.15, -0.1) is 0 Å². The highest BCUT2D eigenvalue weighted by molar-refractivity contribution is 5.94. The van der Waals surface area contributed by atoms with E-state index in [1.165, 1.54) is 31.1 Å². The predicted molar refractivity (Wildman–Crippen MR) is 118 cm³/mol. The minimum absolute atomic E-state index is 0.126. The summed E-state index contributed by atoms with van der Waals surface area (Å²) in [5, 5.41) is 5.53. The quantitative estimate of drug-likeness (QED) is 0.313. The summed E-state index contributed by atoms with van der Waals surface area (Å²) < 4.78 is 21.7. The van der Waals surface area contributed by atoms with Crippen molar-refractivity contribution in [3.05, 3.63) is 72.1 Å². The second-order valence-electron chi connectivity index (χ2n) is 7.15. The zero-order valence-corrected chi connectivity index (χ0v) is 18.3. The average Bonchev–Trinajstić information content (AvgIpc) is 3.53. The van der Waals surface area contributed by atoms with Crippen molar-refractivity contribution >= 4 is 11.8 Å². The van der Waals surface area contributed by atoms with E-state index in [0.717, 1.165) is 19.3 Å². The van der Waals surface area contributed by atoms with Crippen LogP contribution in [0.3, 0.4) is 0 Å². The third-order valence-electron chi connectivity index (χ3n) is 4.82. The smallest absolute Gasteiger partial charge is 0.288 e. The van der Waals surface area contributed by atoms with Crippen molar-refractivity contribution in [2.75, 3.05) is 13.7 Å². The van der Waals surface area contributed by atoms with Crippen LogP contribution in [-0.4, -0.2) is 25.5 Å². The first kappa shape index (κ1) is 23.0. The number of furan rings is 2. The first-order chi connectivity index (χ1) is 15.6. The zero-order chi connectivity index (χ0) is 22.8. The van der Waals surface area contributed by atoms with Crippen LogP contribution in [0.1, 0.15) is 65.4 Å². The van der Waals surface area contributed by atoms with Crippen molar-refractivity contribution in [1.82, 2.24) is 10.6 Å². The maximum Gasteiger partial charge on any atom is 0.288 e. The highest BCUT2D eigenvalue weighted by atomic mass is 16.5. The van der Waals surface area contributed by atoms with Crippen molar-refractivity contribution in [2.45, 2.75) is 38.8 Å². The Morgan fingerprint density at radius 1 is 0.906 bits per heavy atom. The van der Waals surface area contributed by atoms with Crippen LogP contribution >= 0.6 is 0 Å². The van der Waals surface area contributed by atoms with E-state index in [4.69, 9.17) is 18.3 Å². The van der Waals surface area contributed by atoms with Crippen LogP contribution in [-0.2, 0) is 0 Å². The van der Waals surface area contributed by atoms with Gasteiger partial charge < -0.3 is 28.9 Å². The molecule has 0 atom stereocenters. The molecule has 0 radical (unpaired) electrons. The molecule has 0 saturated heterocycles. The molecule has 0 saturated carbocycles. The summed E-state index contributed by atoms with van der Waals surface area (Å²) >= 11 is 0. The second-order valence-corrected chi connectivity index (χ2v) is 7.15. The standard InChI is InChI=1S/C24H28N2O6/c1-3-4-5-6-13-30-18-12-11-17(16-21(18)29-2)22(25-23(27)19-9-7-14-31-19)26-24(28)20-10-8-15-32-20/h7-12,14-16,22H,3-6,13H2,1-2H3,(H,25,27)(H,26,28). The van der Waals surface area contributed by atoms with Gasteiger partial charge in [0.25, 0.3) is 11.8 Å². The van der Waals surface area contributed by atoms with Gasteiger partial charge in [0, 0.05) is 0 Å². The fourth-order valence-corrected chi connectivity index (χ4v) is 3.12. The van der Waals surface area contributed by atoms with Gasteiger partial charge in [-0.05, 0) is 48.4 Å². The van der Waals surface area contributed by atoms with Gasteiger partial charge in [-0.2, -0.15) is 0 Å². The number of benzene rings is 1. The lowest BCUT2D eigenvalue weighted by Crippen LogP contribution is -2.41. The van der Waals surface area contributed by atoms with E-state index in [1.807, 2.05) is 0 Å². The molecular weight excluding hydrogens is 412 g/mol. The largest absolute Gasteiger partial charge is 0.493 e. The fraction of sp³-hybridized carbons (Fsp3) is 0.333. The van der Waals surface area contributed by atoms with Crippen LogP contribution in [0, 0.1) is 0 Å². The lowest BCUT2D eigenvalue weighted by atomic mass is 10.1. The number of ether oxygens (including phenoxy) is 2. The molecule has 0 unspecified atom stereocenters. The molecule has 2 amide bonds.